The van der Waals surface area contributed by atoms with Crippen molar-refractivity contribution >= 4 is 68.2 Å². The molecule has 2 aliphatic heterocycles. The van der Waals surface area contributed by atoms with Crippen LogP contribution in [0.1, 0.15) is 85.8 Å². The second-order valence-electron chi connectivity index (χ2n) is 23.2. The van der Waals surface area contributed by atoms with Gasteiger partial charge in [0, 0.05) is 73.3 Å². The highest BCUT2D eigenvalue weighted by Gasteiger charge is 2.51. The largest absolute Gasteiger partial charge is 0.510 e. The van der Waals surface area contributed by atoms with Crippen molar-refractivity contribution in [3.8, 4) is 29.0 Å². The molecule has 0 bridgehead atoms. The van der Waals surface area contributed by atoms with E-state index in [1.165, 1.54) is 30.6 Å². The third-order valence-corrected chi connectivity index (χ3v) is 16.5. The van der Waals surface area contributed by atoms with Crippen LogP contribution in [-0.2, 0) is 122 Å². The van der Waals surface area contributed by atoms with Gasteiger partial charge >= 0.3 is 18.2 Å². The Morgan fingerprint density at radius 2 is 1.29 bits per heavy atom. The number of pyridine rings is 2. The summed E-state index contributed by atoms with van der Waals surface area (Å²) in [5.74, 6) is 3.06. The summed E-state index contributed by atoms with van der Waals surface area (Å²) in [6.07, 6.45) is 4.69. The number of carbonyl (C=O) groups excluding carboxylic acids is 7. The molecule has 2 atom stereocenters. The monoisotopic (exact) mass is 1460 g/mol. The predicted molar refractivity (Wildman–Crippen MR) is 368 cm³/mol. The lowest BCUT2D eigenvalue weighted by Crippen LogP contribution is -2.47. The molecule has 0 saturated carbocycles. The summed E-state index contributed by atoms with van der Waals surface area (Å²) in [6.45, 7) is 8.53. The number of phenolic OH excluding ortho intramolecular Hbond substituents is 1. The van der Waals surface area contributed by atoms with Crippen LogP contribution in [0.5, 0.6) is 5.75 Å². The number of ether oxygens (including phenoxy) is 12. The van der Waals surface area contributed by atoms with Gasteiger partial charge in [-0.1, -0.05) is 37.8 Å². The molecule has 0 unspecified atom stereocenters. The summed E-state index contributed by atoms with van der Waals surface area (Å²) in [6, 6.07) is 10.8. The number of aromatic hydroxyl groups is 1. The van der Waals surface area contributed by atoms with Gasteiger partial charge in [-0.3, -0.25) is 24.0 Å². The number of benzene rings is 2. The fraction of sp³-hybridized carbons (Fsp3) is 0.522. The molecule has 0 radical (unpaired) electrons. The number of esters is 1. The first-order chi connectivity index (χ1) is 49.8. The van der Waals surface area contributed by atoms with Crippen LogP contribution in [0.25, 0.3) is 22.3 Å². The number of unbranched alkanes of at least 4 members (excludes halogenated alkanes) is 1. The lowest BCUT2D eigenvalue weighted by atomic mass is 9.85. The quantitative estimate of drug-likeness (QED) is 0.0125. The van der Waals surface area contributed by atoms with Crippen molar-refractivity contribution in [1.82, 2.24) is 40.8 Å². The Kier molecular flexibility index (Phi) is 33.8. The first-order valence-corrected chi connectivity index (χ1v) is 35.6. The molecular weight excluding hydrogens is 1370 g/mol. The number of phenols is 1. The highest BCUT2D eigenvalue weighted by molar-refractivity contribution is 7.90. The molecule has 5 aromatic rings. The minimum absolute atomic E-state index is 0.0768. The average Bonchev–Trinajstić information content (AvgIpc) is 1.65. The number of primary amides is 1. The van der Waals surface area contributed by atoms with E-state index < -0.39 is 76.1 Å². The number of sulfone groups is 1. The van der Waals surface area contributed by atoms with Crippen molar-refractivity contribution in [2.75, 3.05) is 150 Å². The molecule has 0 saturated heterocycles. The van der Waals surface area contributed by atoms with Gasteiger partial charge in [0.2, 0.25) is 44.2 Å². The van der Waals surface area contributed by atoms with Crippen LogP contribution in [-0.4, -0.2) is 226 Å². The van der Waals surface area contributed by atoms with Gasteiger partial charge < -0.3 is 98.8 Å². The van der Waals surface area contributed by atoms with E-state index in [0.717, 1.165) is 22.8 Å². The standard InChI is InChI=1S/C69H90N10O23S/c1-4-51-52-38-50(80)17-18-56(52)78-62-53(51)42-79-58(62)39-55-54(64(79)85)44-100-65(86)69(55,5-2)102-68(88)101-43-47-13-15-49(16-14-47)76-63(84)57(11-9-19-73-66(70)87)77-61(83)46-99-45-60(82)72-21-23-92-25-27-94-29-31-96-33-35-98-37-36-97-34-32-95-30-28-93-26-24-91-22-20-71-59(81)12-8-6-7-10-48-40-74-67(75-41-48)103(3,89)90/h13-18,38-41,57,80H,4-6,8-9,11-12,19-37,42-46H2,1-3H3,(H,71,81)(H,72,82)(H,76,84)(H,77,83)(H3,70,73,87)/t57-,69-/m0/s1. The third kappa shape index (κ3) is 26.5. The third-order valence-electron chi connectivity index (χ3n) is 15.7. The summed E-state index contributed by atoms with van der Waals surface area (Å²) >= 11 is 0. The van der Waals surface area contributed by atoms with E-state index >= 15 is 0 Å². The number of aromatic nitrogens is 4. The van der Waals surface area contributed by atoms with Crippen molar-refractivity contribution in [2.45, 2.75) is 95.4 Å². The highest BCUT2D eigenvalue weighted by Crippen LogP contribution is 2.42. The maximum atomic E-state index is 14.1. The number of hydrogen-bond donors (Lipinski definition) is 7. The molecule has 560 valence electrons. The minimum Gasteiger partial charge on any atom is -0.508 e. The van der Waals surface area contributed by atoms with E-state index in [4.69, 9.17) is 67.6 Å². The Morgan fingerprint density at radius 1 is 0.709 bits per heavy atom. The molecule has 34 heteroatoms. The summed E-state index contributed by atoms with van der Waals surface area (Å²) in [7, 11) is -3.47. The second kappa shape index (κ2) is 43.0. The van der Waals surface area contributed by atoms with Gasteiger partial charge in [-0.15, -0.1) is 0 Å². The molecule has 3 aromatic heterocycles. The minimum atomic E-state index is -3.47. The van der Waals surface area contributed by atoms with E-state index in [0.29, 0.717) is 158 Å². The van der Waals surface area contributed by atoms with E-state index in [1.54, 1.807) is 41.8 Å². The van der Waals surface area contributed by atoms with Crippen molar-refractivity contribution in [2.24, 2.45) is 5.73 Å². The normalized spacial score (nSPS) is 13.9. The molecule has 0 aliphatic carbocycles. The Labute approximate surface area is 595 Å². The first kappa shape index (κ1) is 81.0. The number of urea groups is 1. The molecule has 2 aliphatic rings. The maximum absolute atomic E-state index is 14.1. The second-order valence-corrected chi connectivity index (χ2v) is 25.1. The van der Waals surface area contributed by atoms with Gasteiger partial charge in [0.05, 0.1) is 140 Å². The summed E-state index contributed by atoms with van der Waals surface area (Å²) in [5, 5.41) is 23.9. The topological polar surface area (TPSA) is 431 Å². The molecule has 5 heterocycles. The van der Waals surface area contributed by atoms with Crippen LogP contribution in [0.3, 0.4) is 0 Å². The number of amides is 6. The van der Waals surface area contributed by atoms with Gasteiger partial charge in [0.15, 0.2) is 0 Å². The number of carbonyl (C=O) groups is 7. The Hall–Kier alpha value is -9.28. The average molecular weight is 1460 g/mol. The van der Waals surface area contributed by atoms with Crippen molar-refractivity contribution in [3.05, 3.63) is 105 Å². The van der Waals surface area contributed by atoms with Crippen LogP contribution in [0.4, 0.5) is 15.3 Å². The van der Waals surface area contributed by atoms with E-state index in [2.05, 4.69) is 48.4 Å². The zero-order valence-corrected chi connectivity index (χ0v) is 58.8. The van der Waals surface area contributed by atoms with E-state index in [1.807, 2.05) is 6.92 Å². The maximum Gasteiger partial charge on any atom is 0.510 e. The van der Waals surface area contributed by atoms with Crippen LogP contribution in [0, 0.1) is 11.8 Å². The van der Waals surface area contributed by atoms with Gasteiger partial charge in [-0.25, -0.2) is 37.8 Å². The molecule has 7 rings (SSSR count). The van der Waals surface area contributed by atoms with Crippen molar-refractivity contribution in [3.63, 3.8) is 0 Å². The molecule has 33 nitrogen and oxygen atoms in total. The summed E-state index contributed by atoms with van der Waals surface area (Å²) in [5.41, 5.74) is 7.62. The molecule has 2 aromatic carbocycles. The number of nitrogens with one attached hydrogen (secondary N) is 5. The Morgan fingerprint density at radius 3 is 1.86 bits per heavy atom. The smallest absolute Gasteiger partial charge is 0.508 e. The van der Waals surface area contributed by atoms with Gasteiger partial charge in [0.1, 0.15) is 38.2 Å². The van der Waals surface area contributed by atoms with Crippen LogP contribution >= 0.6 is 0 Å². The zero-order valence-electron chi connectivity index (χ0n) is 58.0. The first-order valence-electron chi connectivity index (χ1n) is 33.7. The molecule has 0 spiro atoms. The number of nitrogens with zero attached hydrogens (tertiary/aromatic N) is 4. The number of cyclic esters (lactones) is 1. The van der Waals surface area contributed by atoms with Crippen molar-refractivity contribution in [1.29, 1.82) is 0 Å². The van der Waals surface area contributed by atoms with E-state index in [9.17, 15) is 51.9 Å². The van der Waals surface area contributed by atoms with Crippen LogP contribution in [0.15, 0.2) is 70.9 Å². The Bertz CT molecular complexity index is 3890. The fourth-order valence-electron chi connectivity index (χ4n) is 10.6. The van der Waals surface area contributed by atoms with E-state index in [-0.39, 0.29) is 93.3 Å². The fourth-order valence-corrected chi connectivity index (χ4v) is 11.1. The number of anilines is 1. The number of aryl methyl sites for hydroxylation is 1. The summed E-state index contributed by atoms with van der Waals surface area (Å²) < 4.78 is 90.5. The highest BCUT2D eigenvalue weighted by atomic mass is 32.2. The summed E-state index contributed by atoms with van der Waals surface area (Å²) in [4.78, 5) is 116. The lowest BCUT2D eigenvalue weighted by Gasteiger charge is -2.35. The van der Waals surface area contributed by atoms with Gasteiger partial charge in [-0.2, -0.15) is 0 Å². The lowest BCUT2D eigenvalue weighted by molar-refractivity contribution is -0.175. The SMILES string of the molecule is CCc1c2c(nc3ccc(O)cc13)-c1cc3c(c(=O)n1C2)COC(=O)[C@@]3(CC)OC(=O)OCc1ccc(NC(=O)[C@H](CCCNC(N)=O)NC(=O)COCC(=O)NCCOCCOCCOCCOCCOCCOCCOCCOCCNC(=O)CCCC#Cc2cnc(S(C)(=O)=O)nc2)cc1. The molecule has 103 heavy (non-hydrogen) atoms. The zero-order chi connectivity index (χ0) is 73.8. The predicted octanol–water partition coefficient (Wildman–Crippen LogP) is 2.38. The van der Waals surface area contributed by atoms with Crippen molar-refractivity contribution < 1.29 is 104 Å². The van der Waals surface area contributed by atoms with Crippen LogP contribution in [0.2, 0.25) is 0 Å². The van der Waals surface area contributed by atoms with Gasteiger partial charge in [-0.05, 0) is 79.6 Å². The number of fused-ring (bicyclic) bond motifs is 5. The number of hydrogen-bond acceptors (Lipinski definition) is 26. The Balaban J connectivity index is 0.659. The molecule has 0 fully saturated rings. The molecule has 8 N–H and O–H groups in total. The molecule has 6 amide bonds. The van der Waals surface area contributed by atoms with Crippen LogP contribution < -0.4 is 37.9 Å². The number of nitrogens with two attached hydrogens (primary N) is 1. The molecular formula is C69H90N10O23S. The van der Waals surface area contributed by atoms with Gasteiger partial charge in [0.25, 0.3) is 5.56 Å². The number of rotatable bonds is 47.